The molecule has 1 N–H and O–H groups in total. The third kappa shape index (κ3) is 3.04. The molecule has 0 aromatic carbocycles. The molecule has 0 saturated carbocycles. The number of aromatic nitrogens is 4. The molecule has 0 saturated heterocycles. The highest BCUT2D eigenvalue weighted by Gasteiger charge is 2.38. The first-order valence-corrected chi connectivity index (χ1v) is 5.38. The van der Waals surface area contributed by atoms with Crippen molar-refractivity contribution >= 4 is 5.97 Å². The summed E-state index contributed by atoms with van der Waals surface area (Å²) in [4.78, 5) is 17.6. The zero-order valence-corrected chi connectivity index (χ0v) is 10.4. The molecular weight excluding hydrogens is 293 g/mol. The molecule has 0 spiro atoms. The Morgan fingerprint density at radius 2 is 2.00 bits per heavy atom. The molecule has 0 unspecified atom stereocenters. The summed E-state index contributed by atoms with van der Waals surface area (Å²) >= 11 is 0. The summed E-state index contributed by atoms with van der Waals surface area (Å²) in [7, 11) is 1.35. The van der Waals surface area contributed by atoms with Crippen molar-refractivity contribution in [3.63, 3.8) is 0 Å². The standard InChI is InChI=1S/C11H7F3N4O3/c1-21-7-3-2-6(17-18-7)9-15-4-5(10(19)20)8(16-9)11(12,13)14/h2-4H,1H3,(H,19,20). The van der Waals surface area contributed by atoms with Crippen LogP contribution in [0.1, 0.15) is 16.1 Å². The number of ether oxygens (including phenoxy) is 1. The first kappa shape index (κ1) is 14.6. The summed E-state index contributed by atoms with van der Waals surface area (Å²) in [6.45, 7) is 0. The van der Waals surface area contributed by atoms with E-state index in [-0.39, 0.29) is 17.4 Å². The Morgan fingerprint density at radius 1 is 1.29 bits per heavy atom. The minimum Gasteiger partial charge on any atom is -0.480 e. The van der Waals surface area contributed by atoms with Gasteiger partial charge in [0.2, 0.25) is 5.88 Å². The lowest BCUT2D eigenvalue weighted by atomic mass is 10.2. The Bertz CT molecular complexity index is 673. The molecule has 0 aliphatic carbocycles. The Kier molecular flexibility index (Phi) is 3.70. The van der Waals surface area contributed by atoms with Crippen LogP contribution in [0.25, 0.3) is 11.5 Å². The van der Waals surface area contributed by atoms with Gasteiger partial charge >= 0.3 is 12.1 Å². The highest BCUT2D eigenvalue weighted by Crippen LogP contribution is 2.31. The van der Waals surface area contributed by atoms with E-state index in [4.69, 9.17) is 9.84 Å². The monoisotopic (exact) mass is 300 g/mol. The van der Waals surface area contributed by atoms with Crippen LogP contribution >= 0.6 is 0 Å². The number of rotatable bonds is 3. The van der Waals surface area contributed by atoms with E-state index in [2.05, 4.69) is 20.2 Å². The number of aromatic carboxylic acids is 1. The highest BCUT2D eigenvalue weighted by atomic mass is 19.4. The van der Waals surface area contributed by atoms with Crippen LogP contribution in [0.2, 0.25) is 0 Å². The van der Waals surface area contributed by atoms with Gasteiger partial charge in [0.05, 0.1) is 7.11 Å². The molecule has 0 amide bonds. The van der Waals surface area contributed by atoms with Crippen molar-refractivity contribution in [3.8, 4) is 17.4 Å². The summed E-state index contributed by atoms with van der Waals surface area (Å²) in [6, 6.07) is 2.67. The summed E-state index contributed by atoms with van der Waals surface area (Å²) in [5, 5.41) is 15.9. The molecule has 0 aliphatic rings. The van der Waals surface area contributed by atoms with E-state index in [1.54, 1.807) is 0 Å². The van der Waals surface area contributed by atoms with Crippen molar-refractivity contribution in [2.75, 3.05) is 7.11 Å². The van der Waals surface area contributed by atoms with Gasteiger partial charge in [-0.05, 0) is 6.07 Å². The molecule has 0 fully saturated rings. The summed E-state index contributed by atoms with van der Waals surface area (Å²) in [6.07, 6.45) is -4.34. The second kappa shape index (κ2) is 5.31. The number of carboxylic acids is 1. The fraction of sp³-hybridized carbons (Fsp3) is 0.182. The minimum absolute atomic E-state index is 0.0433. The molecule has 0 bridgehead atoms. The zero-order valence-electron chi connectivity index (χ0n) is 10.4. The van der Waals surface area contributed by atoms with Crippen molar-refractivity contribution in [2.45, 2.75) is 6.18 Å². The second-order valence-electron chi connectivity index (χ2n) is 3.72. The Labute approximate surface area is 115 Å². The number of halogens is 3. The van der Waals surface area contributed by atoms with Crippen molar-refractivity contribution in [3.05, 3.63) is 29.6 Å². The zero-order chi connectivity index (χ0) is 15.6. The molecule has 2 heterocycles. The van der Waals surface area contributed by atoms with Crippen molar-refractivity contribution in [1.29, 1.82) is 0 Å². The minimum atomic E-state index is -4.93. The number of alkyl halides is 3. The normalized spacial score (nSPS) is 11.2. The van der Waals surface area contributed by atoms with Crippen LogP contribution in [0, 0.1) is 0 Å². The maximum absolute atomic E-state index is 12.8. The van der Waals surface area contributed by atoms with Gasteiger partial charge in [0.1, 0.15) is 11.3 Å². The second-order valence-corrected chi connectivity index (χ2v) is 3.72. The summed E-state index contributed by atoms with van der Waals surface area (Å²) in [5.41, 5.74) is -2.62. The lowest BCUT2D eigenvalue weighted by Gasteiger charge is -2.09. The number of carboxylic acid groups (broad SMARTS) is 1. The van der Waals surface area contributed by atoms with Crippen LogP contribution in [-0.4, -0.2) is 38.4 Å². The summed E-state index contributed by atoms with van der Waals surface area (Å²) in [5.74, 6) is -1.99. The van der Waals surface area contributed by atoms with Crippen LogP contribution < -0.4 is 4.74 Å². The predicted octanol–water partition coefficient (Wildman–Crippen LogP) is 1.66. The largest absolute Gasteiger partial charge is 0.480 e. The van der Waals surface area contributed by atoms with E-state index in [1.165, 1.54) is 19.2 Å². The maximum Gasteiger partial charge on any atom is 0.434 e. The molecule has 2 aromatic heterocycles. The lowest BCUT2D eigenvalue weighted by molar-refractivity contribution is -0.141. The van der Waals surface area contributed by atoms with E-state index >= 15 is 0 Å². The lowest BCUT2D eigenvalue weighted by Crippen LogP contribution is -2.17. The molecule has 7 nitrogen and oxygen atoms in total. The van der Waals surface area contributed by atoms with Crippen molar-refractivity contribution in [1.82, 2.24) is 20.2 Å². The van der Waals surface area contributed by atoms with Gasteiger partial charge in [0.25, 0.3) is 0 Å². The highest BCUT2D eigenvalue weighted by molar-refractivity contribution is 5.88. The number of hydrogen-bond acceptors (Lipinski definition) is 6. The fourth-order valence-electron chi connectivity index (χ4n) is 1.43. The van der Waals surface area contributed by atoms with E-state index in [0.29, 0.717) is 6.20 Å². The molecule has 0 aliphatic heterocycles. The van der Waals surface area contributed by atoms with Crippen LogP contribution in [0.5, 0.6) is 5.88 Å². The average molecular weight is 300 g/mol. The molecule has 110 valence electrons. The smallest absolute Gasteiger partial charge is 0.434 e. The molecule has 0 radical (unpaired) electrons. The van der Waals surface area contributed by atoms with Crippen LogP contribution in [0.15, 0.2) is 18.3 Å². The van der Waals surface area contributed by atoms with E-state index in [0.717, 1.165) is 0 Å². The third-order valence-electron chi connectivity index (χ3n) is 2.37. The Hall–Kier alpha value is -2.78. The van der Waals surface area contributed by atoms with Gasteiger partial charge in [0, 0.05) is 12.3 Å². The number of methoxy groups -OCH3 is 1. The summed E-state index contributed by atoms with van der Waals surface area (Å²) < 4.78 is 43.2. The Morgan fingerprint density at radius 3 is 2.48 bits per heavy atom. The molecule has 2 aromatic rings. The molecule has 2 rings (SSSR count). The third-order valence-corrected chi connectivity index (χ3v) is 2.37. The molecular formula is C11H7F3N4O3. The maximum atomic E-state index is 12.8. The number of hydrogen-bond donors (Lipinski definition) is 1. The number of carbonyl (C=O) groups is 1. The number of nitrogens with zero attached hydrogens (tertiary/aromatic N) is 4. The SMILES string of the molecule is COc1ccc(-c2ncc(C(=O)O)c(C(F)(F)F)n2)nn1. The van der Waals surface area contributed by atoms with Crippen LogP contribution in [0.3, 0.4) is 0 Å². The quantitative estimate of drug-likeness (QED) is 0.920. The molecule has 0 atom stereocenters. The predicted molar refractivity (Wildman–Crippen MR) is 61.6 cm³/mol. The van der Waals surface area contributed by atoms with E-state index < -0.39 is 23.4 Å². The van der Waals surface area contributed by atoms with Crippen LogP contribution in [-0.2, 0) is 6.18 Å². The van der Waals surface area contributed by atoms with Gasteiger partial charge in [-0.15, -0.1) is 10.2 Å². The van der Waals surface area contributed by atoms with Crippen LogP contribution in [0.4, 0.5) is 13.2 Å². The van der Waals surface area contributed by atoms with Gasteiger partial charge in [-0.3, -0.25) is 0 Å². The van der Waals surface area contributed by atoms with Crippen molar-refractivity contribution < 1.29 is 27.8 Å². The Balaban J connectivity index is 2.53. The van der Waals surface area contributed by atoms with Crippen molar-refractivity contribution in [2.24, 2.45) is 0 Å². The van der Waals surface area contributed by atoms with E-state index in [9.17, 15) is 18.0 Å². The van der Waals surface area contributed by atoms with Gasteiger partial charge in [-0.1, -0.05) is 0 Å². The molecule has 10 heteroatoms. The molecule has 21 heavy (non-hydrogen) atoms. The van der Waals surface area contributed by atoms with Gasteiger partial charge in [-0.2, -0.15) is 13.2 Å². The van der Waals surface area contributed by atoms with Gasteiger partial charge in [0.15, 0.2) is 11.5 Å². The van der Waals surface area contributed by atoms with Gasteiger partial charge in [-0.25, -0.2) is 14.8 Å². The topological polar surface area (TPSA) is 98.1 Å². The average Bonchev–Trinajstić information content (AvgIpc) is 2.45. The first-order valence-electron chi connectivity index (χ1n) is 5.38. The first-order chi connectivity index (χ1) is 9.82. The fourth-order valence-corrected chi connectivity index (χ4v) is 1.43. The van der Waals surface area contributed by atoms with E-state index in [1.807, 2.05) is 0 Å². The van der Waals surface area contributed by atoms with Gasteiger partial charge < -0.3 is 9.84 Å².